The van der Waals surface area contributed by atoms with Crippen molar-refractivity contribution in [1.29, 1.82) is 0 Å². The first-order valence-corrected chi connectivity index (χ1v) is 6.63. The van der Waals surface area contributed by atoms with Gasteiger partial charge in [-0.25, -0.2) is 0 Å². The lowest BCUT2D eigenvalue weighted by Gasteiger charge is -2.30. The Kier molecular flexibility index (Phi) is 3.00. The summed E-state index contributed by atoms with van der Waals surface area (Å²) >= 11 is 0. The Morgan fingerprint density at radius 3 is 2.16 bits per heavy atom. The SMILES string of the molecule is Cc1ccccc1N1C=CN(c2ccccc2)[C@@H]1C. The summed E-state index contributed by atoms with van der Waals surface area (Å²) in [6.07, 6.45) is 4.59. The normalized spacial score (nSPS) is 18.1. The largest absolute Gasteiger partial charge is 0.326 e. The third-order valence-electron chi connectivity index (χ3n) is 3.64. The molecule has 0 aromatic heterocycles. The number of para-hydroxylation sites is 2. The molecule has 2 aromatic carbocycles. The van der Waals surface area contributed by atoms with Gasteiger partial charge in [0.1, 0.15) is 6.17 Å². The summed E-state index contributed by atoms with van der Waals surface area (Å²) < 4.78 is 0. The Hall–Kier alpha value is -2.22. The molecule has 2 heteroatoms. The predicted octanol–water partition coefficient (Wildman–Crippen LogP) is 4.14. The van der Waals surface area contributed by atoms with Crippen LogP contribution < -0.4 is 9.80 Å². The van der Waals surface area contributed by atoms with E-state index in [0.29, 0.717) is 6.17 Å². The molecule has 1 heterocycles. The Labute approximate surface area is 114 Å². The Balaban J connectivity index is 1.90. The van der Waals surface area contributed by atoms with Gasteiger partial charge in [0.25, 0.3) is 0 Å². The van der Waals surface area contributed by atoms with E-state index >= 15 is 0 Å². The van der Waals surface area contributed by atoms with E-state index in [1.54, 1.807) is 0 Å². The van der Waals surface area contributed by atoms with Gasteiger partial charge in [-0.15, -0.1) is 0 Å². The van der Waals surface area contributed by atoms with E-state index in [1.165, 1.54) is 16.9 Å². The van der Waals surface area contributed by atoms with Crippen molar-refractivity contribution in [1.82, 2.24) is 0 Å². The maximum absolute atomic E-state index is 2.31. The van der Waals surface area contributed by atoms with Crippen molar-refractivity contribution in [3.05, 3.63) is 72.6 Å². The van der Waals surface area contributed by atoms with E-state index in [2.05, 4.69) is 84.6 Å². The second-order valence-electron chi connectivity index (χ2n) is 4.87. The number of anilines is 2. The molecule has 1 atom stereocenters. The van der Waals surface area contributed by atoms with Crippen molar-refractivity contribution in [3.8, 4) is 0 Å². The molecule has 0 saturated carbocycles. The number of hydrogen-bond donors (Lipinski definition) is 0. The molecule has 0 radical (unpaired) electrons. The topological polar surface area (TPSA) is 6.48 Å². The third kappa shape index (κ3) is 2.10. The number of hydrogen-bond acceptors (Lipinski definition) is 2. The fourth-order valence-corrected chi connectivity index (χ4v) is 2.56. The Morgan fingerprint density at radius 2 is 1.42 bits per heavy atom. The van der Waals surface area contributed by atoms with Gasteiger partial charge < -0.3 is 9.80 Å². The quantitative estimate of drug-likeness (QED) is 0.790. The minimum Gasteiger partial charge on any atom is -0.326 e. The van der Waals surface area contributed by atoms with Gasteiger partial charge in [-0.3, -0.25) is 0 Å². The van der Waals surface area contributed by atoms with Crippen molar-refractivity contribution in [2.75, 3.05) is 9.80 Å². The van der Waals surface area contributed by atoms with Crippen molar-refractivity contribution < 1.29 is 0 Å². The van der Waals surface area contributed by atoms with E-state index in [4.69, 9.17) is 0 Å². The first-order valence-electron chi connectivity index (χ1n) is 6.63. The van der Waals surface area contributed by atoms with Crippen LogP contribution in [0.4, 0.5) is 11.4 Å². The Morgan fingerprint density at radius 1 is 0.789 bits per heavy atom. The molecule has 1 aliphatic heterocycles. The molecule has 0 N–H and O–H groups in total. The average Bonchev–Trinajstić information content (AvgIpc) is 2.82. The molecule has 2 aromatic rings. The van der Waals surface area contributed by atoms with Crippen LogP contribution in [0.15, 0.2) is 67.0 Å². The number of benzene rings is 2. The molecule has 2 nitrogen and oxygen atoms in total. The molecule has 0 unspecified atom stereocenters. The van der Waals surface area contributed by atoms with Crippen molar-refractivity contribution >= 4 is 11.4 Å². The van der Waals surface area contributed by atoms with Crippen LogP contribution in [-0.2, 0) is 0 Å². The zero-order valence-corrected chi connectivity index (χ0v) is 11.3. The van der Waals surface area contributed by atoms with Crippen LogP contribution in [0.2, 0.25) is 0 Å². The minimum absolute atomic E-state index is 0.295. The van der Waals surface area contributed by atoms with Crippen LogP contribution in [-0.4, -0.2) is 6.17 Å². The number of nitrogens with zero attached hydrogens (tertiary/aromatic N) is 2. The van der Waals surface area contributed by atoms with Crippen LogP contribution in [0.25, 0.3) is 0 Å². The number of aryl methyl sites for hydroxylation is 1. The average molecular weight is 250 g/mol. The molecule has 0 bridgehead atoms. The molecule has 19 heavy (non-hydrogen) atoms. The van der Waals surface area contributed by atoms with E-state index in [1.807, 2.05) is 6.07 Å². The first kappa shape index (κ1) is 11.8. The lowest BCUT2D eigenvalue weighted by atomic mass is 10.2. The van der Waals surface area contributed by atoms with Gasteiger partial charge in [0, 0.05) is 23.8 Å². The molecule has 3 rings (SSSR count). The second-order valence-corrected chi connectivity index (χ2v) is 4.87. The predicted molar refractivity (Wildman–Crippen MR) is 81.2 cm³/mol. The maximum Gasteiger partial charge on any atom is 0.107 e. The second kappa shape index (κ2) is 4.81. The molecular formula is C17H18N2. The van der Waals surface area contributed by atoms with Gasteiger partial charge in [0.05, 0.1) is 0 Å². The molecule has 0 saturated heterocycles. The fourth-order valence-electron chi connectivity index (χ4n) is 2.56. The zero-order valence-electron chi connectivity index (χ0n) is 11.3. The third-order valence-corrected chi connectivity index (χ3v) is 3.64. The molecule has 0 fully saturated rings. The highest BCUT2D eigenvalue weighted by atomic mass is 15.4. The van der Waals surface area contributed by atoms with Crippen LogP contribution in [0.5, 0.6) is 0 Å². The lowest BCUT2D eigenvalue weighted by Crippen LogP contribution is -2.36. The smallest absolute Gasteiger partial charge is 0.107 e. The van der Waals surface area contributed by atoms with Crippen molar-refractivity contribution in [2.45, 2.75) is 20.0 Å². The monoisotopic (exact) mass is 250 g/mol. The summed E-state index contributed by atoms with van der Waals surface area (Å²) in [7, 11) is 0. The molecular weight excluding hydrogens is 232 g/mol. The van der Waals surface area contributed by atoms with E-state index < -0.39 is 0 Å². The van der Waals surface area contributed by atoms with Gasteiger partial charge in [0.15, 0.2) is 0 Å². The summed E-state index contributed by atoms with van der Waals surface area (Å²) in [5, 5.41) is 0. The highest BCUT2D eigenvalue weighted by molar-refractivity contribution is 5.63. The molecule has 0 spiro atoms. The molecule has 1 aliphatic rings. The first-order chi connectivity index (χ1) is 9.27. The summed E-state index contributed by atoms with van der Waals surface area (Å²) in [6.45, 7) is 4.38. The van der Waals surface area contributed by atoms with Gasteiger partial charge in [0.2, 0.25) is 0 Å². The van der Waals surface area contributed by atoms with Crippen LogP contribution in [0.1, 0.15) is 12.5 Å². The highest BCUT2D eigenvalue weighted by Gasteiger charge is 2.24. The summed E-state index contributed by atoms with van der Waals surface area (Å²) in [5.74, 6) is 0. The summed E-state index contributed by atoms with van der Waals surface area (Å²) in [4.78, 5) is 4.59. The minimum atomic E-state index is 0.295. The molecule has 0 aliphatic carbocycles. The molecule has 96 valence electrons. The van der Waals surface area contributed by atoms with Crippen LogP contribution >= 0.6 is 0 Å². The van der Waals surface area contributed by atoms with Crippen LogP contribution in [0.3, 0.4) is 0 Å². The van der Waals surface area contributed by atoms with Crippen LogP contribution in [0, 0.1) is 6.92 Å². The van der Waals surface area contributed by atoms with Crippen molar-refractivity contribution in [2.24, 2.45) is 0 Å². The standard InChI is InChI=1S/C17H18N2/c1-14-8-6-7-11-17(14)19-13-12-18(15(19)2)16-9-4-3-5-10-16/h3-13,15H,1-2H3/t15-/m0/s1. The van der Waals surface area contributed by atoms with Crippen molar-refractivity contribution in [3.63, 3.8) is 0 Å². The fraction of sp³-hybridized carbons (Fsp3) is 0.176. The maximum atomic E-state index is 2.31. The summed E-state index contributed by atoms with van der Waals surface area (Å²) in [6, 6.07) is 19.0. The molecule has 0 amide bonds. The van der Waals surface area contributed by atoms with E-state index in [9.17, 15) is 0 Å². The Bertz CT molecular complexity index is 589. The summed E-state index contributed by atoms with van der Waals surface area (Å²) in [5.41, 5.74) is 3.79. The lowest BCUT2D eigenvalue weighted by molar-refractivity contribution is 0.748. The van der Waals surface area contributed by atoms with Gasteiger partial charge in [-0.05, 0) is 37.6 Å². The highest BCUT2D eigenvalue weighted by Crippen LogP contribution is 2.30. The number of rotatable bonds is 2. The van der Waals surface area contributed by atoms with E-state index in [0.717, 1.165) is 0 Å². The van der Waals surface area contributed by atoms with E-state index in [-0.39, 0.29) is 0 Å². The van der Waals surface area contributed by atoms with Gasteiger partial charge in [-0.1, -0.05) is 36.4 Å². The zero-order chi connectivity index (χ0) is 13.2. The van der Waals surface area contributed by atoms with Gasteiger partial charge >= 0.3 is 0 Å². The van der Waals surface area contributed by atoms with Gasteiger partial charge in [-0.2, -0.15) is 0 Å².